The van der Waals surface area contributed by atoms with Crippen molar-refractivity contribution < 1.29 is 32.1 Å². The summed E-state index contributed by atoms with van der Waals surface area (Å²) in [6, 6.07) is 2.67. The highest BCUT2D eigenvalue weighted by molar-refractivity contribution is 7.82. The molecule has 0 aliphatic rings. The van der Waals surface area contributed by atoms with Crippen LogP contribution < -0.4 is 4.18 Å². The third-order valence-electron chi connectivity index (χ3n) is 0.771. The molecule has 12 heavy (non-hydrogen) atoms. The molecular weight excluding hydrogens is 192 g/mol. The lowest BCUT2D eigenvalue weighted by atomic mass is 10.7. The highest BCUT2D eigenvalue weighted by atomic mass is 32.3. The van der Waals surface area contributed by atoms with Crippen LogP contribution in [0.2, 0.25) is 0 Å². The lowest BCUT2D eigenvalue weighted by Gasteiger charge is -1.96. The average molecular weight is 198 g/mol. The molecule has 3 N–H and O–H groups in total. The maximum absolute atomic E-state index is 10.3. The third kappa shape index (κ3) is 2.88. The maximum atomic E-state index is 10.3. The highest BCUT2D eigenvalue weighted by Gasteiger charge is 2.14. The van der Waals surface area contributed by atoms with E-state index in [2.05, 4.69) is 12.9 Å². The monoisotopic (exact) mass is 198 g/mol. The second kappa shape index (κ2) is 4.07. The lowest BCUT2D eigenvalue weighted by molar-refractivity contribution is -0.138. The minimum absolute atomic E-state index is 0. The third-order valence-corrected chi connectivity index (χ3v) is 1.32. The molecule has 0 radical (unpaired) electrons. The molecule has 0 atom stereocenters. The normalized spacial score (nSPS) is 10.4. The van der Waals surface area contributed by atoms with E-state index < -0.39 is 10.4 Å². The van der Waals surface area contributed by atoms with Gasteiger partial charge in [-0.3, -0.25) is 0 Å². The van der Waals surface area contributed by atoms with Crippen LogP contribution in [0.3, 0.4) is 0 Å². The minimum atomic E-state index is -4.38. The summed E-state index contributed by atoms with van der Waals surface area (Å²) in [5.74, 6) is -0.279. The molecular formula is C4H6O7S. The summed E-state index contributed by atoms with van der Waals surface area (Å²) in [4.78, 5) is 0. The van der Waals surface area contributed by atoms with E-state index in [0.717, 1.165) is 0 Å². The van der Waals surface area contributed by atoms with E-state index in [1.807, 2.05) is 0 Å². The Morgan fingerprint density at radius 3 is 2.58 bits per heavy atom. The number of hydrogen-bond donors (Lipinski definition) is 1. The van der Waals surface area contributed by atoms with E-state index in [1.54, 1.807) is 0 Å². The molecule has 70 valence electrons. The first-order chi connectivity index (χ1) is 5.14. The largest absolute Gasteiger partial charge is 0.478 e. The Morgan fingerprint density at radius 1 is 1.50 bits per heavy atom. The molecule has 0 aliphatic carbocycles. The van der Waals surface area contributed by atoms with Crippen LogP contribution in [0.4, 0.5) is 0 Å². The fraction of sp³-hybridized carbons (Fsp3) is 0. The van der Waals surface area contributed by atoms with Gasteiger partial charge >= 0.3 is 16.3 Å². The Bertz CT molecular complexity index is 298. The number of hydrogen-bond acceptors (Lipinski definition) is 6. The van der Waals surface area contributed by atoms with E-state index in [4.69, 9.17) is 5.26 Å². The minimum Gasteiger partial charge on any atom is -0.433 e. The van der Waals surface area contributed by atoms with Gasteiger partial charge in [0.2, 0.25) is 0 Å². The number of furan rings is 1. The van der Waals surface area contributed by atoms with Crippen LogP contribution >= 0.6 is 0 Å². The van der Waals surface area contributed by atoms with Gasteiger partial charge in [-0.15, -0.1) is 0 Å². The molecule has 0 bridgehead atoms. The molecule has 0 saturated carbocycles. The summed E-state index contributed by atoms with van der Waals surface area (Å²) in [6.45, 7) is 0. The van der Waals surface area contributed by atoms with Gasteiger partial charge in [-0.2, -0.15) is 8.42 Å². The van der Waals surface area contributed by atoms with Crippen LogP contribution in [0.1, 0.15) is 0 Å². The Labute approximate surface area is 67.7 Å². The van der Waals surface area contributed by atoms with Gasteiger partial charge in [0, 0.05) is 6.07 Å². The Morgan fingerprint density at radius 2 is 2.17 bits per heavy atom. The highest BCUT2D eigenvalue weighted by Crippen LogP contribution is 2.12. The van der Waals surface area contributed by atoms with Crippen LogP contribution in [-0.4, -0.2) is 19.2 Å². The van der Waals surface area contributed by atoms with Gasteiger partial charge in [-0.25, -0.2) is 5.26 Å². The molecule has 0 aromatic carbocycles. The molecule has 8 heteroatoms. The fourth-order valence-electron chi connectivity index (χ4n) is 0.427. The van der Waals surface area contributed by atoms with Gasteiger partial charge in [0.1, 0.15) is 0 Å². The van der Waals surface area contributed by atoms with E-state index in [0.29, 0.717) is 0 Å². The molecule has 0 fully saturated rings. The van der Waals surface area contributed by atoms with Gasteiger partial charge in [0.15, 0.2) is 0 Å². The Hall–Kier alpha value is -1.09. The molecule has 7 nitrogen and oxygen atoms in total. The SMILES string of the molecule is O.O=S(=O)(OO)Oc1ccco1. The van der Waals surface area contributed by atoms with Crippen molar-refractivity contribution in [3.8, 4) is 5.95 Å². The summed E-state index contributed by atoms with van der Waals surface area (Å²) < 4.78 is 32.1. The van der Waals surface area contributed by atoms with Crippen molar-refractivity contribution in [3.63, 3.8) is 0 Å². The zero-order valence-electron chi connectivity index (χ0n) is 5.63. The van der Waals surface area contributed by atoms with E-state index in [1.165, 1.54) is 18.4 Å². The van der Waals surface area contributed by atoms with Crippen LogP contribution in [0, 0.1) is 0 Å². The molecule has 1 aromatic rings. The van der Waals surface area contributed by atoms with Crippen molar-refractivity contribution in [1.82, 2.24) is 0 Å². The van der Waals surface area contributed by atoms with Crippen molar-refractivity contribution in [1.29, 1.82) is 0 Å². The van der Waals surface area contributed by atoms with Gasteiger partial charge in [-0.1, -0.05) is 4.33 Å². The fourth-order valence-corrected chi connectivity index (χ4v) is 0.753. The lowest BCUT2D eigenvalue weighted by Crippen LogP contribution is -2.10. The number of rotatable bonds is 3. The van der Waals surface area contributed by atoms with E-state index in [9.17, 15) is 8.42 Å². The molecule has 0 saturated heterocycles. The van der Waals surface area contributed by atoms with E-state index >= 15 is 0 Å². The summed E-state index contributed by atoms with van der Waals surface area (Å²) in [5.41, 5.74) is 0. The predicted molar refractivity (Wildman–Crippen MR) is 35.6 cm³/mol. The van der Waals surface area contributed by atoms with Crippen LogP contribution in [0.15, 0.2) is 22.8 Å². The second-order valence-electron chi connectivity index (χ2n) is 1.50. The summed E-state index contributed by atoms with van der Waals surface area (Å²) in [6.07, 6.45) is 1.21. The first-order valence-corrected chi connectivity index (χ1v) is 3.78. The first kappa shape index (κ1) is 10.9. The molecule has 1 heterocycles. The maximum Gasteiger partial charge on any atom is 0.478 e. The summed E-state index contributed by atoms with van der Waals surface area (Å²) in [7, 11) is -4.38. The van der Waals surface area contributed by atoms with Gasteiger partial charge in [0.05, 0.1) is 6.26 Å². The average Bonchev–Trinajstić information content (AvgIpc) is 2.39. The smallest absolute Gasteiger partial charge is 0.433 e. The molecule has 1 rings (SSSR count). The van der Waals surface area contributed by atoms with Crippen molar-refractivity contribution in [3.05, 3.63) is 18.4 Å². The second-order valence-corrected chi connectivity index (χ2v) is 2.63. The zero-order chi connectivity index (χ0) is 8.32. The van der Waals surface area contributed by atoms with Gasteiger partial charge < -0.3 is 14.1 Å². The van der Waals surface area contributed by atoms with Crippen LogP contribution in [0.5, 0.6) is 5.95 Å². The van der Waals surface area contributed by atoms with Gasteiger partial charge in [0.25, 0.3) is 0 Å². The molecule has 0 aliphatic heterocycles. The van der Waals surface area contributed by atoms with Gasteiger partial charge in [-0.05, 0) is 6.07 Å². The first-order valence-electron chi connectivity index (χ1n) is 2.45. The predicted octanol–water partition coefficient (Wildman–Crippen LogP) is -0.432. The molecule has 0 unspecified atom stereocenters. The molecule has 0 amide bonds. The van der Waals surface area contributed by atoms with Crippen molar-refractivity contribution >= 4 is 10.4 Å². The standard InChI is InChI=1S/C4H4O6S.H2O/c5-10-11(6,7)9-4-2-1-3-8-4;/h1-3,5H;1H2. The zero-order valence-corrected chi connectivity index (χ0v) is 6.45. The quantitative estimate of drug-likeness (QED) is 0.520. The Kier molecular flexibility index (Phi) is 3.70. The van der Waals surface area contributed by atoms with Crippen molar-refractivity contribution in [2.75, 3.05) is 0 Å². The van der Waals surface area contributed by atoms with Crippen LogP contribution in [-0.2, 0) is 14.7 Å². The van der Waals surface area contributed by atoms with Crippen molar-refractivity contribution in [2.45, 2.75) is 0 Å². The topological polar surface area (TPSA) is 117 Å². The molecule has 1 aromatic heterocycles. The van der Waals surface area contributed by atoms with E-state index in [-0.39, 0.29) is 11.4 Å². The summed E-state index contributed by atoms with van der Waals surface area (Å²) in [5, 5.41) is 7.74. The Balaban J connectivity index is 0.00000121. The van der Waals surface area contributed by atoms with Crippen LogP contribution in [0.25, 0.3) is 0 Å². The van der Waals surface area contributed by atoms with Crippen molar-refractivity contribution in [2.24, 2.45) is 0 Å². The summed E-state index contributed by atoms with van der Waals surface area (Å²) >= 11 is 0. The molecule has 0 spiro atoms.